The largest absolute Gasteiger partial charge is 0.459 e. The van der Waals surface area contributed by atoms with Crippen molar-refractivity contribution in [3.8, 4) is 0 Å². The molecule has 1 aliphatic rings. The lowest BCUT2D eigenvalue weighted by Gasteiger charge is -2.33. The number of hydrogen-bond acceptors (Lipinski definition) is 5. The van der Waals surface area contributed by atoms with Gasteiger partial charge in [0.15, 0.2) is 5.96 Å². The standard InChI is InChI=1S/C23H30N6O.HI/c1-17-19-6-4-5-7-20(19)30-21(17)16-27-23(24-2)26-15-18-8-9-22(25-14-18)29-12-10-28(3)11-13-29;/h4-9,14H,10-13,15-16H2,1-3H3,(H2,24,26,27);1H. The van der Waals surface area contributed by atoms with Gasteiger partial charge in [0.1, 0.15) is 17.2 Å². The second-order valence-electron chi connectivity index (χ2n) is 7.74. The zero-order valence-corrected chi connectivity index (χ0v) is 20.7. The van der Waals surface area contributed by atoms with Crippen molar-refractivity contribution in [1.82, 2.24) is 20.5 Å². The highest BCUT2D eigenvalue weighted by atomic mass is 127. The minimum absolute atomic E-state index is 0. The number of aliphatic imine (C=N–C) groups is 1. The van der Waals surface area contributed by atoms with Crippen molar-refractivity contribution in [2.75, 3.05) is 45.2 Å². The molecule has 1 saturated heterocycles. The Hall–Kier alpha value is -2.33. The van der Waals surface area contributed by atoms with E-state index in [1.807, 2.05) is 24.4 Å². The van der Waals surface area contributed by atoms with Gasteiger partial charge in [-0.25, -0.2) is 4.98 Å². The lowest BCUT2D eigenvalue weighted by atomic mass is 10.1. The van der Waals surface area contributed by atoms with Gasteiger partial charge in [0, 0.05) is 56.9 Å². The van der Waals surface area contributed by atoms with Crippen molar-refractivity contribution in [2.24, 2.45) is 4.99 Å². The molecule has 0 radical (unpaired) electrons. The fraction of sp³-hybridized carbons (Fsp3) is 0.391. The van der Waals surface area contributed by atoms with E-state index in [9.17, 15) is 0 Å². The molecule has 0 aliphatic carbocycles. The third kappa shape index (κ3) is 5.68. The van der Waals surface area contributed by atoms with Crippen LogP contribution in [0.5, 0.6) is 0 Å². The van der Waals surface area contributed by atoms with Crippen LogP contribution in [-0.4, -0.2) is 56.1 Å². The molecular formula is C23H31IN6O. The first-order valence-corrected chi connectivity index (χ1v) is 10.4. The van der Waals surface area contributed by atoms with Crippen molar-refractivity contribution < 1.29 is 4.42 Å². The van der Waals surface area contributed by atoms with Crippen LogP contribution in [0.1, 0.15) is 16.9 Å². The normalized spacial score (nSPS) is 15.1. The van der Waals surface area contributed by atoms with E-state index in [0.717, 1.165) is 65.8 Å². The molecule has 166 valence electrons. The summed E-state index contributed by atoms with van der Waals surface area (Å²) in [5.74, 6) is 2.71. The number of piperazine rings is 1. The number of hydrogen-bond donors (Lipinski definition) is 2. The molecule has 0 atom stereocenters. The van der Waals surface area contributed by atoms with E-state index >= 15 is 0 Å². The number of furan rings is 1. The Morgan fingerprint density at radius 3 is 2.48 bits per heavy atom. The number of aryl methyl sites for hydroxylation is 1. The third-order valence-electron chi connectivity index (χ3n) is 5.68. The molecule has 0 bridgehead atoms. The smallest absolute Gasteiger partial charge is 0.191 e. The zero-order valence-electron chi connectivity index (χ0n) is 18.4. The van der Waals surface area contributed by atoms with Gasteiger partial charge in [-0.1, -0.05) is 24.3 Å². The number of halogens is 1. The molecule has 1 fully saturated rings. The number of nitrogens with zero attached hydrogens (tertiary/aromatic N) is 4. The maximum Gasteiger partial charge on any atom is 0.191 e. The van der Waals surface area contributed by atoms with E-state index in [-0.39, 0.29) is 24.0 Å². The van der Waals surface area contributed by atoms with Gasteiger partial charge >= 0.3 is 0 Å². The fourth-order valence-corrected chi connectivity index (χ4v) is 3.71. The summed E-state index contributed by atoms with van der Waals surface area (Å²) < 4.78 is 5.97. The van der Waals surface area contributed by atoms with Crippen molar-refractivity contribution in [3.63, 3.8) is 0 Å². The van der Waals surface area contributed by atoms with E-state index in [4.69, 9.17) is 4.42 Å². The topological polar surface area (TPSA) is 68.9 Å². The van der Waals surface area contributed by atoms with E-state index in [2.05, 4.69) is 62.6 Å². The van der Waals surface area contributed by atoms with E-state index in [0.29, 0.717) is 13.1 Å². The van der Waals surface area contributed by atoms with Gasteiger partial charge in [-0.15, -0.1) is 24.0 Å². The Labute approximate surface area is 200 Å². The van der Waals surface area contributed by atoms with E-state index in [1.54, 1.807) is 7.05 Å². The van der Waals surface area contributed by atoms with Crippen LogP contribution in [0.25, 0.3) is 11.0 Å². The van der Waals surface area contributed by atoms with E-state index < -0.39 is 0 Å². The molecule has 0 spiro atoms. The van der Waals surface area contributed by atoms with Crippen LogP contribution in [0, 0.1) is 6.92 Å². The number of anilines is 1. The van der Waals surface area contributed by atoms with Gasteiger partial charge in [-0.2, -0.15) is 0 Å². The lowest BCUT2D eigenvalue weighted by Crippen LogP contribution is -2.44. The monoisotopic (exact) mass is 534 g/mol. The molecule has 1 aromatic carbocycles. The van der Waals surface area contributed by atoms with Crippen LogP contribution in [0.4, 0.5) is 5.82 Å². The minimum atomic E-state index is 0. The van der Waals surface area contributed by atoms with Gasteiger partial charge in [-0.05, 0) is 31.7 Å². The number of fused-ring (bicyclic) bond motifs is 1. The van der Waals surface area contributed by atoms with Gasteiger partial charge in [0.25, 0.3) is 0 Å². The highest BCUT2D eigenvalue weighted by Gasteiger charge is 2.15. The molecule has 3 heterocycles. The second-order valence-corrected chi connectivity index (χ2v) is 7.74. The van der Waals surface area contributed by atoms with Gasteiger partial charge in [-0.3, -0.25) is 4.99 Å². The SMILES string of the molecule is CN=C(NCc1ccc(N2CCN(C)CC2)nc1)NCc1oc2ccccc2c1C.I. The third-order valence-corrected chi connectivity index (χ3v) is 5.68. The number of rotatable bonds is 5. The Balaban J connectivity index is 0.00000272. The molecule has 2 N–H and O–H groups in total. The Morgan fingerprint density at radius 1 is 1.06 bits per heavy atom. The summed E-state index contributed by atoms with van der Waals surface area (Å²) in [6.45, 7) is 7.55. The Bertz CT molecular complexity index is 1010. The summed E-state index contributed by atoms with van der Waals surface area (Å²) in [6.07, 6.45) is 1.94. The molecule has 8 heteroatoms. The molecule has 2 aromatic heterocycles. The van der Waals surface area contributed by atoms with Crippen LogP contribution >= 0.6 is 24.0 Å². The number of benzene rings is 1. The number of guanidine groups is 1. The predicted octanol–water partition coefficient (Wildman–Crippen LogP) is 3.37. The lowest BCUT2D eigenvalue weighted by molar-refractivity contribution is 0.312. The molecule has 0 unspecified atom stereocenters. The first kappa shape index (κ1) is 23.3. The average Bonchev–Trinajstić information content (AvgIpc) is 3.11. The number of para-hydroxylation sites is 1. The number of nitrogens with one attached hydrogen (secondary N) is 2. The van der Waals surface area contributed by atoms with Crippen molar-refractivity contribution in [1.29, 1.82) is 0 Å². The molecule has 3 aromatic rings. The summed E-state index contributed by atoms with van der Waals surface area (Å²) in [7, 11) is 3.94. The maximum absolute atomic E-state index is 5.97. The average molecular weight is 534 g/mol. The minimum Gasteiger partial charge on any atom is -0.459 e. The van der Waals surface area contributed by atoms with Crippen molar-refractivity contribution >= 4 is 46.7 Å². The predicted molar refractivity (Wildman–Crippen MR) is 137 cm³/mol. The number of likely N-dealkylation sites (N-methyl/N-ethyl adjacent to an activating group) is 1. The first-order chi connectivity index (χ1) is 14.6. The summed E-state index contributed by atoms with van der Waals surface area (Å²) >= 11 is 0. The Kier molecular flexibility index (Phi) is 8.14. The Morgan fingerprint density at radius 2 is 1.81 bits per heavy atom. The molecule has 0 saturated carbocycles. The molecule has 7 nitrogen and oxygen atoms in total. The number of aromatic nitrogens is 1. The summed E-state index contributed by atoms with van der Waals surface area (Å²) in [6, 6.07) is 12.3. The zero-order chi connectivity index (χ0) is 20.9. The molecule has 4 rings (SSSR count). The summed E-state index contributed by atoms with van der Waals surface area (Å²) in [5, 5.41) is 7.84. The van der Waals surface area contributed by atoms with Gasteiger partial charge < -0.3 is 24.9 Å². The molecule has 1 aliphatic heterocycles. The first-order valence-electron chi connectivity index (χ1n) is 10.4. The van der Waals surface area contributed by atoms with E-state index in [1.165, 1.54) is 0 Å². The van der Waals surface area contributed by atoms with Gasteiger partial charge in [0.05, 0.1) is 6.54 Å². The van der Waals surface area contributed by atoms with Crippen molar-refractivity contribution in [3.05, 3.63) is 59.5 Å². The van der Waals surface area contributed by atoms with Gasteiger partial charge in [0.2, 0.25) is 0 Å². The highest BCUT2D eigenvalue weighted by Crippen LogP contribution is 2.24. The van der Waals surface area contributed by atoms with Crippen molar-refractivity contribution in [2.45, 2.75) is 20.0 Å². The van der Waals surface area contributed by atoms with Crippen LogP contribution in [0.3, 0.4) is 0 Å². The highest BCUT2D eigenvalue weighted by molar-refractivity contribution is 14.0. The summed E-state index contributed by atoms with van der Waals surface area (Å²) in [4.78, 5) is 13.7. The molecule has 0 amide bonds. The van der Waals surface area contributed by atoms with Crippen LogP contribution in [0.15, 0.2) is 52.0 Å². The van der Waals surface area contributed by atoms with Crippen LogP contribution in [-0.2, 0) is 13.1 Å². The molecular weight excluding hydrogens is 503 g/mol. The fourth-order valence-electron chi connectivity index (χ4n) is 3.71. The van der Waals surface area contributed by atoms with Crippen LogP contribution < -0.4 is 15.5 Å². The van der Waals surface area contributed by atoms with Crippen LogP contribution in [0.2, 0.25) is 0 Å². The second kappa shape index (κ2) is 10.8. The number of pyridine rings is 1. The quantitative estimate of drug-likeness (QED) is 0.297. The molecule has 31 heavy (non-hydrogen) atoms. The summed E-state index contributed by atoms with van der Waals surface area (Å²) in [5.41, 5.74) is 3.20. The maximum atomic E-state index is 5.97.